The average molecular weight is 387 g/mol. The SMILES string of the molecule is CSCCC(NC(=O)/C(C#N)=C\Nc1ccc(C(F)(F)F)cc1)C(=O)O. The first kappa shape index (κ1) is 21.4. The van der Waals surface area contributed by atoms with E-state index in [9.17, 15) is 22.8 Å². The number of carbonyl (C=O) groups excluding carboxylic acids is 1. The van der Waals surface area contributed by atoms with E-state index in [1.165, 1.54) is 11.8 Å². The Labute approximate surface area is 152 Å². The third-order valence-corrected chi connectivity index (χ3v) is 3.82. The van der Waals surface area contributed by atoms with Gasteiger partial charge in [-0.1, -0.05) is 0 Å². The van der Waals surface area contributed by atoms with Crippen molar-refractivity contribution < 1.29 is 27.9 Å². The van der Waals surface area contributed by atoms with Gasteiger partial charge in [0.1, 0.15) is 17.7 Å². The zero-order chi connectivity index (χ0) is 19.7. The van der Waals surface area contributed by atoms with Crippen LogP contribution in [-0.2, 0) is 15.8 Å². The molecule has 3 N–H and O–H groups in total. The standard InChI is InChI=1S/C16H16F3N3O3S/c1-26-7-6-13(15(24)25)22-14(23)10(8-20)9-21-12-4-2-11(3-5-12)16(17,18)19/h2-5,9,13,21H,6-7H2,1H3,(H,22,23)(H,24,25)/b10-9-. The average Bonchev–Trinajstić information content (AvgIpc) is 2.58. The summed E-state index contributed by atoms with van der Waals surface area (Å²) in [4.78, 5) is 23.1. The number of halogens is 3. The molecule has 0 aromatic heterocycles. The molecule has 0 bridgehead atoms. The van der Waals surface area contributed by atoms with Crippen molar-refractivity contribution in [2.24, 2.45) is 0 Å². The summed E-state index contributed by atoms with van der Waals surface area (Å²) in [5.74, 6) is -1.60. The quantitative estimate of drug-likeness (QED) is 0.468. The molecule has 0 fully saturated rings. The van der Waals surface area contributed by atoms with Crippen molar-refractivity contribution in [2.45, 2.75) is 18.6 Å². The van der Waals surface area contributed by atoms with Crippen LogP contribution in [0.1, 0.15) is 12.0 Å². The van der Waals surface area contributed by atoms with Crippen molar-refractivity contribution >= 4 is 29.3 Å². The summed E-state index contributed by atoms with van der Waals surface area (Å²) in [5.41, 5.74) is -1.00. The Morgan fingerprint density at radius 3 is 2.42 bits per heavy atom. The number of nitrogens with zero attached hydrogens (tertiary/aromatic N) is 1. The summed E-state index contributed by atoms with van der Waals surface area (Å²) >= 11 is 1.41. The molecule has 10 heteroatoms. The number of hydrogen-bond acceptors (Lipinski definition) is 5. The van der Waals surface area contributed by atoms with Gasteiger partial charge in [0.2, 0.25) is 0 Å². The molecule has 0 saturated carbocycles. The third-order valence-electron chi connectivity index (χ3n) is 3.17. The molecule has 140 valence electrons. The molecular formula is C16H16F3N3O3S. The Balaban J connectivity index is 2.79. The predicted octanol–water partition coefficient (Wildman–Crippen LogP) is 2.85. The van der Waals surface area contributed by atoms with Gasteiger partial charge in [0, 0.05) is 11.9 Å². The number of anilines is 1. The summed E-state index contributed by atoms with van der Waals surface area (Å²) in [6, 6.07) is 4.47. The maximum atomic E-state index is 12.5. The lowest BCUT2D eigenvalue weighted by atomic mass is 10.2. The summed E-state index contributed by atoms with van der Waals surface area (Å²) in [6.07, 6.45) is -1.48. The number of carboxylic acids is 1. The molecule has 26 heavy (non-hydrogen) atoms. The first-order chi connectivity index (χ1) is 12.2. The fraction of sp³-hybridized carbons (Fsp3) is 0.312. The molecular weight excluding hydrogens is 371 g/mol. The Morgan fingerprint density at radius 1 is 1.35 bits per heavy atom. The van der Waals surface area contributed by atoms with Crippen LogP contribution in [0.4, 0.5) is 18.9 Å². The second-order valence-corrected chi connectivity index (χ2v) is 6.02. The fourth-order valence-electron chi connectivity index (χ4n) is 1.79. The highest BCUT2D eigenvalue weighted by molar-refractivity contribution is 7.98. The molecule has 1 amide bonds. The van der Waals surface area contributed by atoms with Gasteiger partial charge < -0.3 is 15.7 Å². The zero-order valence-corrected chi connectivity index (χ0v) is 14.4. The lowest BCUT2D eigenvalue weighted by Gasteiger charge is -2.13. The van der Waals surface area contributed by atoms with Crippen molar-refractivity contribution in [3.05, 3.63) is 41.6 Å². The number of rotatable bonds is 8. The fourth-order valence-corrected chi connectivity index (χ4v) is 2.26. The molecule has 1 aromatic carbocycles. The van der Waals surface area contributed by atoms with E-state index in [1.807, 2.05) is 0 Å². The molecule has 0 aliphatic heterocycles. The number of carbonyl (C=O) groups is 2. The van der Waals surface area contributed by atoms with Gasteiger partial charge in [-0.3, -0.25) is 4.79 Å². The molecule has 0 radical (unpaired) electrons. The van der Waals surface area contributed by atoms with E-state index in [0.717, 1.165) is 30.5 Å². The zero-order valence-electron chi connectivity index (χ0n) is 13.6. The van der Waals surface area contributed by atoms with E-state index in [-0.39, 0.29) is 12.1 Å². The molecule has 0 spiro atoms. The van der Waals surface area contributed by atoms with Gasteiger partial charge >= 0.3 is 12.1 Å². The molecule has 0 aliphatic carbocycles. The van der Waals surface area contributed by atoms with Crippen molar-refractivity contribution in [2.75, 3.05) is 17.3 Å². The van der Waals surface area contributed by atoms with Gasteiger partial charge in [-0.25, -0.2) is 4.79 Å². The van der Waals surface area contributed by atoms with Crippen LogP contribution in [0.15, 0.2) is 36.0 Å². The number of carboxylic acid groups (broad SMARTS) is 1. The van der Waals surface area contributed by atoms with Crippen molar-refractivity contribution in [3.63, 3.8) is 0 Å². The second-order valence-electron chi connectivity index (χ2n) is 5.04. The van der Waals surface area contributed by atoms with Crippen LogP contribution in [0, 0.1) is 11.3 Å². The van der Waals surface area contributed by atoms with E-state index >= 15 is 0 Å². The monoisotopic (exact) mass is 387 g/mol. The van der Waals surface area contributed by atoms with Crippen LogP contribution < -0.4 is 10.6 Å². The van der Waals surface area contributed by atoms with E-state index in [4.69, 9.17) is 10.4 Å². The van der Waals surface area contributed by atoms with Crippen LogP contribution in [-0.4, -0.2) is 35.0 Å². The molecule has 1 atom stereocenters. The summed E-state index contributed by atoms with van der Waals surface area (Å²) in [6.45, 7) is 0. The van der Waals surface area contributed by atoms with Gasteiger partial charge in [0.15, 0.2) is 0 Å². The lowest BCUT2D eigenvalue weighted by molar-refractivity contribution is -0.141. The van der Waals surface area contributed by atoms with Crippen molar-refractivity contribution in [1.82, 2.24) is 5.32 Å². The molecule has 0 aliphatic rings. The Bertz CT molecular complexity index is 712. The van der Waals surface area contributed by atoms with Gasteiger partial charge in [-0.05, 0) is 42.7 Å². The van der Waals surface area contributed by atoms with Crippen LogP contribution >= 0.6 is 11.8 Å². The minimum absolute atomic E-state index is 0.188. The highest BCUT2D eigenvalue weighted by Crippen LogP contribution is 2.29. The topological polar surface area (TPSA) is 102 Å². The Hall–Kier alpha value is -2.67. The number of amides is 1. The number of alkyl halides is 3. The Kier molecular flexibility index (Phi) is 7.99. The maximum Gasteiger partial charge on any atom is 0.416 e. The number of nitriles is 1. The second kappa shape index (κ2) is 9.72. The van der Waals surface area contributed by atoms with Crippen molar-refractivity contribution in [1.29, 1.82) is 5.26 Å². The molecule has 0 saturated heterocycles. The normalized spacial score (nSPS) is 12.8. The summed E-state index contributed by atoms with van der Waals surface area (Å²) < 4.78 is 37.5. The first-order valence-electron chi connectivity index (χ1n) is 7.25. The number of benzene rings is 1. The maximum absolute atomic E-state index is 12.5. The minimum atomic E-state index is -4.46. The van der Waals surface area contributed by atoms with E-state index in [0.29, 0.717) is 5.75 Å². The highest BCUT2D eigenvalue weighted by Gasteiger charge is 2.29. The molecule has 1 rings (SSSR count). The van der Waals surface area contributed by atoms with Crippen LogP contribution in [0.25, 0.3) is 0 Å². The predicted molar refractivity (Wildman–Crippen MR) is 91.3 cm³/mol. The van der Waals surface area contributed by atoms with Crippen LogP contribution in [0.3, 0.4) is 0 Å². The number of nitrogens with one attached hydrogen (secondary N) is 2. The van der Waals surface area contributed by atoms with Crippen LogP contribution in [0.2, 0.25) is 0 Å². The smallest absolute Gasteiger partial charge is 0.416 e. The summed E-state index contributed by atoms with van der Waals surface area (Å²) in [5, 5.41) is 22.9. The largest absolute Gasteiger partial charge is 0.480 e. The van der Waals surface area contributed by atoms with Gasteiger partial charge in [0.25, 0.3) is 5.91 Å². The third kappa shape index (κ3) is 6.68. The number of aliphatic carboxylic acids is 1. The van der Waals surface area contributed by atoms with E-state index in [2.05, 4.69) is 10.6 Å². The van der Waals surface area contributed by atoms with E-state index in [1.54, 1.807) is 12.3 Å². The minimum Gasteiger partial charge on any atom is -0.480 e. The molecule has 0 heterocycles. The molecule has 1 aromatic rings. The Morgan fingerprint density at radius 2 is 1.96 bits per heavy atom. The van der Waals surface area contributed by atoms with Crippen molar-refractivity contribution in [3.8, 4) is 6.07 Å². The van der Waals surface area contributed by atoms with Gasteiger partial charge in [-0.15, -0.1) is 0 Å². The number of hydrogen-bond donors (Lipinski definition) is 3. The highest BCUT2D eigenvalue weighted by atomic mass is 32.2. The summed E-state index contributed by atoms with van der Waals surface area (Å²) in [7, 11) is 0. The lowest BCUT2D eigenvalue weighted by Crippen LogP contribution is -2.41. The van der Waals surface area contributed by atoms with Crippen LogP contribution in [0.5, 0.6) is 0 Å². The number of thioether (sulfide) groups is 1. The molecule has 1 unspecified atom stereocenters. The van der Waals surface area contributed by atoms with Gasteiger partial charge in [0.05, 0.1) is 5.56 Å². The molecule has 6 nitrogen and oxygen atoms in total. The van der Waals surface area contributed by atoms with Gasteiger partial charge in [-0.2, -0.15) is 30.2 Å². The first-order valence-corrected chi connectivity index (χ1v) is 8.65. The van der Waals surface area contributed by atoms with E-state index < -0.39 is 35.2 Å².